The van der Waals surface area contributed by atoms with Crippen molar-refractivity contribution in [2.24, 2.45) is 18.4 Å². The van der Waals surface area contributed by atoms with E-state index in [2.05, 4.69) is 64.7 Å². The maximum Gasteiger partial charge on any atom is 0.341 e. The lowest BCUT2D eigenvalue weighted by Crippen LogP contribution is -2.46. The molecule has 3 unspecified atom stereocenters. The normalized spacial score (nSPS) is 24.2. The molecule has 2 fully saturated rings. The minimum Gasteiger partial charge on any atom is -0.477 e. The van der Waals surface area contributed by atoms with E-state index in [-0.39, 0.29) is 11.0 Å². The number of aromatic amines is 1. The van der Waals surface area contributed by atoms with E-state index in [1.165, 1.54) is 31.0 Å². The first kappa shape index (κ1) is 24.5. The molecule has 0 radical (unpaired) electrons. The fourth-order valence-electron chi connectivity index (χ4n) is 6.70. The Balaban J connectivity index is 1.46. The van der Waals surface area contributed by atoms with Crippen LogP contribution >= 0.6 is 0 Å². The molecule has 3 atom stereocenters. The summed E-state index contributed by atoms with van der Waals surface area (Å²) in [5.41, 5.74) is 4.18. The Morgan fingerprint density at radius 3 is 2.83 bits per heavy atom. The standard InChI is InChI=1S/C29H36N4O3/c1-5-18-14-22(28(35)36)27(34)31-26(18)19-9-10-25-20(12-19)13-21(32(25)4)15-33-16-23-24(30-3)8-7-11-29(23,6-2)17-33/h6,9-10,12-14,23-24,30H,2,5,7-8,11,15-17H2,1,3-4H3,(H,31,34)(H,35,36). The number of carboxylic acids is 1. The number of likely N-dealkylation sites (tertiary alicyclic amines) is 1. The highest BCUT2D eigenvalue weighted by atomic mass is 16.4. The summed E-state index contributed by atoms with van der Waals surface area (Å²) in [4.78, 5) is 29.2. The van der Waals surface area contributed by atoms with Crippen LogP contribution in [-0.4, -0.2) is 51.7 Å². The van der Waals surface area contributed by atoms with Crippen LogP contribution in [0, 0.1) is 11.3 Å². The number of aromatic nitrogens is 2. The minimum absolute atomic E-state index is 0.189. The maximum absolute atomic E-state index is 12.4. The molecule has 2 aliphatic rings. The molecule has 1 saturated heterocycles. The number of H-pyrrole nitrogens is 1. The van der Waals surface area contributed by atoms with Crippen LogP contribution in [0.1, 0.15) is 47.8 Å². The van der Waals surface area contributed by atoms with Crippen LogP contribution in [0.2, 0.25) is 0 Å². The topological polar surface area (TPSA) is 90.4 Å². The first-order valence-corrected chi connectivity index (χ1v) is 12.9. The molecule has 5 rings (SSSR count). The van der Waals surface area contributed by atoms with Crippen LogP contribution in [0.5, 0.6) is 0 Å². The average molecular weight is 489 g/mol. The summed E-state index contributed by atoms with van der Waals surface area (Å²) in [5, 5.41) is 14.0. The van der Waals surface area contributed by atoms with Gasteiger partial charge in [0.1, 0.15) is 5.56 Å². The molecule has 7 heteroatoms. The quantitative estimate of drug-likeness (QED) is 0.434. The summed E-state index contributed by atoms with van der Waals surface area (Å²) >= 11 is 0. The Morgan fingerprint density at radius 2 is 2.14 bits per heavy atom. The van der Waals surface area contributed by atoms with Gasteiger partial charge in [-0.3, -0.25) is 9.69 Å². The zero-order chi connectivity index (χ0) is 25.6. The molecule has 3 N–H and O–H groups in total. The van der Waals surface area contributed by atoms with Crippen LogP contribution < -0.4 is 10.9 Å². The summed E-state index contributed by atoms with van der Waals surface area (Å²) in [5.74, 6) is -0.616. The van der Waals surface area contributed by atoms with E-state index in [0.717, 1.165) is 41.7 Å². The Kier molecular flexibility index (Phi) is 6.39. The first-order chi connectivity index (χ1) is 17.3. The highest BCUT2D eigenvalue weighted by molar-refractivity contribution is 5.89. The molecule has 0 spiro atoms. The van der Waals surface area contributed by atoms with E-state index in [9.17, 15) is 14.7 Å². The molecule has 190 valence electrons. The fourth-order valence-corrected chi connectivity index (χ4v) is 6.70. The fraction of sp³-hybridized carbons (Fsp3) is 0.448. The number of rotatable bonds is 7. The van der Waals surface area contributed by atoms with E-state index in [1.54, 1.807) is 0 Å². The molecular weight excluding hydrogens is 452 g/mol. The summed E-state index contributed by atoms with van der Waals surface area (Å²) < 4.78 is 2.26. The minimum atomic E-state index is -1.21. The van der Waals surface area contributed by atoms with Crippen LogP contribution in [-0.2, 0) is 20.0 Å². The number of aryl methyl sites for hydroxylation is 2. The lowest BCUT2D eigenvalue weighted by atomic mass is 9.66. The number of carbonyl (C=O) groups is 1. The third-order valence-corrected chi connectivity index (χ3v) is 8.68. The van der Waals surface area contributed by atoms with Gasteiger partial charge in [-0.05, 0) is 67.6 Å². The second-order valence-corrected chi connectivity index (χ2v) is 10.5. The number of aromatic carboxylic acids is 1. The number of pyridine rings is 1. The summed E-state index contributed by atoms with van der Waals surface area (Å²) in [6.07, 6.45) is 6.54. The van der Waals surface area contributed by atoms with Gasteiger partial charge < -0.3 is 20.0 Å². The number of hydrogen-bond donors (Lipinski definition) is 3. The van der Waals surface area contributed by atoms with Crippen LogP contribution in [0.3, 0.4) is 0 Å². The second kappa shape index (κ2) is 9.37. The molecule has 0 amide bonds. The highest BCUT2D eigenvalue weighted by Crippen LogP contribution is 2.48. The predicted octanol–water partition coefficient (Wildman–Crippen LogP) is 4.17. The van der Waals surface area contributed by atoms with Gasteiger partial charge in [-0.25, -0.2) is 4.79 Å². The van der Waals surface area contributed by atoms with Gasteiger partial charge in [-0.2, -0.15) is 0 Å². The smallest absolute Gasteiger partial charge is 0.341 e. The van der Waals surface area contributed by atoms with Gasteiger partial charge in [-0.15, -0.1) is 6.58 Å². The lowest BCUT2D eigenvalue weighted by molar-refractivity contribution is 0.0695. The van der Waals surface area contributed by atoms with Crippen molar-refractivity contribution in [3.8, 4) is 11.3 Å². The Hall–Kier alpha value is -3.16. The largest absolute Gasteiger partial charge is 0.477 e. The Morgan fingerprint density at radius 1 is 1.33 bits per heavy atom. The van der Waals surface area contributed by atoms with E-state index in [1.807, 2.05) is 13.0 Å². The van der Waals surface area contributed by atoms with Crippen molar-refractivity contribution in [1.29, 1.82) is 0 Å². The summed E-state index contributed by atoms with van der Waals surface area (Å²) in [6.45, 7) is 9.20. The number of hydrogen-bond acceptors (Lipinski definition) is 4. The van der Waals surface area contributed by atoms with Crippen molar-refractivity contribution in [2.45, 2.75) is 45.2 Å². The lowest BCUT2D eigenvalue weighted by Gasteiger charge is -2.41. The molecule has 1 aliphatic heterocycles. The third kappa shape index (κ3) is 4.00. The highest BCUT2D eigenvalue weighted by Gasteiger charge is 2.49. The van der Waals surface area contributed by atoms with Crippen molar-refractivity contribution in [2.75, 3.05) is 20.1 Å². The SMILES string of the molecule is C=CC12CCCC(NC)C1CN(Cc1cc3cc(-c4[nH]c(=O)c(C(=O)O)cc4CC)ccc3n1C)C2. The number of carboxylic acid groups (broad SMARTS) is 1. The molecule has 36 heavy (non-hydrogen) atoms. The number of nitrogens with one attached hydrogen (secondary N) is 2. The second-order valence-electron chi connectivity index (χ2n) is 10.5. The molecule has 2 aromatic heterocycles. The van der Waals surface area contributed by atoms with E-state index < -0.39 is 11.5 Å². The molecule has 1 saturated carbocycles. The van der Waals surface area contributed by atoms with E-state index in [4.69, 9.17) is 0 Å². The van der Waals surface area contributed by atoms with Gasteiger partial charge in [0.2, 0.25) is 0 Å². The van der Waals surface area contributed by atoms with Crippen molar-refractivity contribution in [1.82, 2.24) is 19.8 Å². The Labute approximate surface area is 211 Å². The molecule has 1 aliphatic carbocycles. The monoisotopic (exact) mass is 488 g/mol. The van der Waals surface area contributed by atoms with Crippen LogP contribution in [0.15, 0.2) is 47.8 Å². The van der Waals surface area contributed by atoms with Crippen molar-refractivity contribution in [3.63, 3.8) is 0 Å². The van der Waals surface area contributed by atoms with E-state index >= 15 is 0 Å². The third-order valence-electron chi connectivity index (χ3n) is 8.68. The molecule has 1 aromatic carbocycles. The molecule has 7 nitrogen and oxygen atoms in total. The molecule has 0 bridgehead atoms. The number of nitrogens with zero attached hydrogens (tertiary/aromatic N) is 2. The van der Waals surface area contributed by atoms with Gasteiger partial charge in [0.05, 0.1) is 5.69 Å². The van der Waals surface area contributed by atoms with Crippen LogP contribution in [0.4, 0.5) is 0 Å². The summed E-state index contributed by atoms with van der Waals surface area (Å²) in [7, 11) is 4.20. The molecule has 3 heterocycles. The number of fused-ring (bicyclic) bond motifs is 2. The summed E-state index contributed by atoms with van der Waals surface area (Å²) in [6, 6.07) is 10.5. The first-order valence-electron chi connectivity index (χ1n) is 12.9. The zero-order valence-corrected chi connectivity index (χ0v) is 21.4. The Bertz CT molecular complexity index is 1390. The van der Waals surface area contributed by atoms with Crippen LogP contribution in [0.25, 0.3) is 22.2 Å². The van der Waals surface area contributed by atoms with Gasteiger partial charge in [0, 0.05) is 54.7 Å². The maximum atomic E-state index is 12.4. The van der Waals surface area contributed by atoms with Crippen molar-refractivity contribution < 1.29 is 9.90 Å². The zero-order valence-electron chi connectivity index (χ0n) is 21.4. The average Bonchev–Trinajstić information content (AvgIpc) is 3.40. The molecule has 3 aromatic rings. The van der Waals surface area contributed by atoms with E-state index in [0.29, 0.717) is 24.1 Å². The van der Waals surface area contributed by atoms with Gasteiger partial charge in [0.25, 0.3) is 5.56 Å². The van der Waals surface area contributed by atoms with Crippen molar-refractivity contribution in [3.05, 3.63) is 70.2 Å². The van der Waals surface area contributed by atoms with Crippen molar-refractivity contribution >= 4 is 16.9 Å². The van der Waals surface area contributed by atoms with Gasteiger partial charge in [-0.1, -0.05) is 25.5 Å². The molecular formula is C29H36N4O3. The van der Waals surface area contributed by atoms with Gasteiger partial charge >= 0.3 is 5.97 Å². The number of benzene rings is 1. The predicted molar refractivity (Wildman–Crippen MR) is 143 cm³/mol. The van der Waals surface area contributed by atoms with Gasteiger partial charge in [0.15, 0.2) is 0 Å².